The maximum absolute atomic E-state index is 14.5. The second-order valence-electron chi connectivity index (χ2n) is 11.8. The molecule has 4 aromatic rings. The van der Waals surface area contributed by atoms with Gasteiger partial charge in [0.2, 0.25) is 11.8 Å². The van der Waals surface area contributed by atoms with Crippen LogP contribution in [-0.2, 0) is 32.6 Å². The van der Waals surface area contributed by atoms with Crippen LogP contribution in [0, 0.1) is 0 Å². The molecule has 1 N–H and O–H groups in total. The Morgan fingerprint density at radius 2 is 1.52 bits per heavy atom. The number of anilines is 1. The molecule has 0 bridgehead atoms. The van der Waals surface area contributed by atoms with Gasteiger partial charge in [-0.1, -0.05) is 70.0 Å². The first-order valence-corrected chi connectivity index (χ1v) is 17.2. The zero-order chi connectivity index (χ0) is 33.5. The summed E-state index contributed by atoms with van der Waals surface area (Å²) in [7, 11) is -2.76. The van der Waals surface area contributed by atoms with Crippen LogP contribution in [0.25, 0.3) is 0 Å². The summed E-state index contributed by atoms with van der Waals surface area (Å²) >= 11 is 9.64. The first-order valence-electron chi connectivity index (χ1n) is 14.6. The number of hydrogen-bond acceptors (Lipinski definition) is 5. The first kappa shape index (κ1) is 35.0. The fraction of sp³-hybridized carbons (Fsp3) is 0.257. The van der Waals surface area contributed by atoms with E-state index in [9.17, 15) is 18.0 Å². The summed E-state index contributed by atoms with van der Waals surface area (Å²) in [6.45, 7) is 5.10. The van der Waals surface area contributed by atoms with Gasteiger partial charge in [0.15, 0.2) is 0 Å². The molecule has 0 aliphatic carbocycles. The molecule has 0 saturated carbocycles. The van der Waals surface area contributed by atoms with Crippen molar-refractivity contribution in [3.63, 3.8) is 0 Å². The van der Waals surface area contributed by atoms with Crippen molar-refractivity contribution in [3.8, 4) is 5.75 Å². The second kappa shape index (κ2) is 15.2. The van der Waals surface area contributed by atoms with Crippen molar-refractivity contribution < 1.29 is 22.7 Å². The number of amides is 2. The minimum Gasteiger partial charge on any atom is -0.497 e. The highest BCUT2D eigenvalue weighted by Crippen LogP contribution is 2.28. The van der Waals surface area contributed by atoms with Crippen molar-refractivity contribution in [1.29, 1.82) is 0 Å². The lowest BCUT2D eigenvalue weighted by molar-refractivity contribution is -0.140. The van der Waals surface area contributed by atoms with Gasteiger partial charge in [0.1, 0.15) is 18.3 Å². The number of benzene rings is 4. The normalized spacial score (nSPS) is 12.2. The third-order valence-corrected chi connectivity index (χ3v) is 9.59. The molecule has 0 aliphatic heterocycles. The molecule has 11 heteroatoms. The Balaban J connectivity index is 1.81. The van der Waals surface area contributed by atoms with Crippen LogP contribution in [0.3, 0.4) is 0 Å². The average Bonchev–Trinajstić information content (AvgIpc) is 3.01. The number of nitrogens with one attached hydrogen (secondary N) is 1. The van der Waals surface area contributed by atoms with E-state index < -0.39 is 34.1 Å². The van der Waals surface area contributed by atoms with E-state index in [2.05, 4.69) is 21.2 Å². The Kier molecular flexibility index (Phi) is 11.5. The molecule has 1 atom stereocenters. The van der Waals surface area contributed by atoms with Crippen LogP contribution >= 0.6 is 27.5 Å². The molecule has 0 heterocycles. The number of methoxy groups -OCH3 is 1. The highest BCUT2D eigenvalue weighted by molar-refractivity contribution is 9.10. The molecule has 8 nitrogen and oxygen atoms in total. The van der Waals surface area contributed by atoms with Crippen molar-refractivity contribution >= 4 is 55.1 Å². The lowest BCUT2D eigenvalue weighted by Crippen LogP contribution is -2.56. The Labute approximate surface area is 284 Å². The molecule has 46 heavy (non-hydrogen) atoms. The summed E-state index contributed by atoms with van der Waals surface area (Å²) in [5, 5.41) is 3.44. The number of hydrogen-bond donors (Lipinski definition) is 1. The fourth-order valence-corrected chi connectivity index (χ4v) is 6.84. The van der Waals surface area contributed by atoms with Crippen LogP contribution < -0.4 is 14.4 Å². The largest absolute Gasteiger partial charge is 0.497 e. The van der Waals surface area contributed by atoms with Crippen LogP contribution in [-0.4, -0.2) is 50.4 Å². The second-order valence-corrected chi connectivity index (χ2v) is 15.0. The van der Waals surface area contributed by atoms with Gasteiger partial charge in [0.25, 0.3) is 10.0 Å². The van der Waals surface area contributed by atoms with Gasteiger partial charge in [0.05, 0.1) is 17.7 Å². The smallest absolute Gasteiger partial charge is 0.264 e. The number of nitrogens with zero attached hydrogens (tertiary/aromatic N) is 2. The molecule has 0 aliphatic rings. The minimum atomic E-state index is -4.25. The van der Waals surface area contributed by atoms with Gasteiger partial charge in [-0.15, -0.1) is 0 Å². The molecule has 0 radical (unpaired) electrons. The monoisotopic (exact) mass is 725 g/mol. The molecule has 0 fully saturated rings. The lowest BCUT2D eigenvalue weighted by Gasteiger charge is -2.35. The summed E-state index contributed by atoms with van der Waals surface area (Å²) in [5.41, 5.74) is 1.28. The summed E-state index contributed by atoms with van der Waals surface area (Å²) in [6.07, 6.45) is 0.217. The van der Waals surface area contributed by atoms with Crippen molar-refractivity contribution in [2.45, 2.75) is 50.2 Å². The van der Waals surface area contributed by atoms with Crippen LogP contribution in [0.5, 0.6) is 5.75 Å². The zero-order valence-corrected chi connectivity index (χ0v) is 29.3. The van der Waals surface area contributed by atoms with Gasteiger partial charge in [-0.3, -0.25) is 13.9 Å². The quantitative estimate of drug-likeness (QED) is 0.172. The van der Waals surface area contributed by atoms with Gasteiger partial charge < -0.3 is 15.0 Å². The third-order valence-electron chi connectivity index (χ3n) is 7.05. The molecule has 4 aromatic carbocycles. The van der Waals surface area contributed by atoms with Crippen molar-refractivity contribution in [2.75, 3.05) is 18.0 Å². The van der Waals surface area contributed by atoms with E-state index in [0.717, 1.165) is 19.9 Å². The molecule has 0 saturated heterocycles. The topological polar surface area (TPSA) is 96.0 Å². The lowest BCUT2D eigenvalue weighted by atomic mass is 10.0. The molecular weight excluding hydrogens is 690 g/mol. The fourth-order valence-electron chi connectivity index (χ4n) is 4.85. The van der Waals surface area contributed by atoms with E-state index in [-0.39, 0.29) is 29.5 Å². The Morgan fingerprint density at radius 1 is 0.891 bits per heavy atom. The number of ether oxygens (including phenoxy) is 1. The number of rotatable bonds is 12. The maximum Gasteiger partial charge on any atom is 0.264 e. The van der Waals surface area contributed by atoms with Crippen LogP contribution in [0.1, 0.15) is 31.9 Å². The Bertz CT molecular complexity index is 1750. The van der Waals surface area contributed by atoms with Gasteiger partial charge in [-0.2, -0.15) is 0 Å². The number of carbonyl (C=O) groups excluding carboxylic acids is 2. The van der Waals surface area contributed by atoms with Gasteiger partial charge >= 0.3 is 0 Å². The van der Waals surface area contributed by atoms with E-state index in [4.69, 9.17) is 16.3 Å². The van der Waals surface area contributed by atoms with E-state index in [1.165, 1.54) is 24.1 Å². The predicted octanol–water partition coefficient (Wildman–Crippen LogP) is 6.86. The van der Waals surface area contributed by atoms with E-state index in [1.54, 1.807) is 36.4 Å². The Morgan fingerprint density at radius 3 is 2.11 bits per heavy atom. The van der Waals surface area contributed by atoms with Crippen molar-refractivity contribution in [1.82, 2.24) is 10.2 Å². The summed E-state index contributed by atoms with van der Waals surface area (Å²) in [6, 6.07) is 28.1. The van der Waals surface area contributed by atoms with Crippen LogP contribution in [0.2, 0.25) is 5.02 Å². The molecule has 242 valence electrons. The summed E-state index contributed by atoms with van der Waals surface area (Å²) in [4.78, 5) is 29.9. The number of sulfonamides is 1. The van der Waals surface area contributed by atoms with Gasteiger partial charge in [-0.25, -0.2) is 8.42 Å². The molecule has 0 aromatic heterocycles. The first-order chi connectivity index (χ1) is 21.8. The average molecular weight is 727 g/mol. The molecular formula is C35H37BrClN3O5S. The highest BCUT2D eigenvalue weighted by atomic mass is 79.9. The predicted molar refractivity (Wildman–Crippen MR) is 185 cm³/mol. The summed E-state index contributed by atoms with van der Waals surface area (Å²) in [5.74, 6) is -0.422. The third kappa shape index (κ3) is 9.34. The van der Waals surface area contributed by atoms with Crippen molar-refractivity contribution in [3.05, 3.63) is 124 Å². The SMILES string of the molecule is COc1ccc(S(=O)(=O)N(CC(=O)N(Cc2cccc(Br)c2)[C@H](Cc2ccccc2)C(=O)NC(C)(C)C)c2ccc(Cl)cc2)cc1. The van der Waals surface area contributed by atoms with E-state index in [0.29, 0.717) is 10.8 Å². The Hall–Kier alpha value is -3.86. The maximum atomic E-state index is 14.5. The van der Waals surface area contributed by atoms with Gasteiger partial charge in [0, 0.05) is 28.0 Å². The molecule has 4 rings (SSSR count). The highest BCUT2D eigenvalue weighted by Gasteiger charge is 2.35. The van der Waals surface area contributed by atoms with Crippen molar-refractivity contribution in [2.24, 2.45) is 0 Å². The molecule has 0 unspecified atom stereocenters. The van der Waals surface area contributed by atoms with E-state index >= 15 is 0 Å². The zero-order valence-electron chi connectivity index (χ0n) is 26.1. The van der Waals surface area contributed by atoms with Gasteiger partial charge in [-0.05, 0) is 92.6 Å². The summed E-state index contributed by atoms with van der Waals surface area (Å²) < 4.78 is 35.4. The number of carbonyl (C=O) groups is 2. The standard InChI is InChI=1S/C35H37BrClN3O5S/c1-35(2,3)38-34(42)32(22-25-9-6-5-7-10-25)39(23-26-11-8-12-27(36)21-26)33(41)24-40(29-15-13-28(37)14-16-29)46(43,44)31-19-17-30(45-4)18-20-31/h5-21,32H,22-24H2,1-4H3,(H,38,42)/t32-/m1/s1. The van der Waals surface area contributed by atoms with E-state index in [1.807, 2.05) is 75.4 Å². The molecule has 0 spiro atoms. The van der Waals surface area contributed by atoms with Crippen LogP contribution in [0.15, 0.2) is 112 Å². The number of halogens is 2. The minimum absolute atomic E-state index is 0.0269. The molecule has 2 amide bonds. The van der Waals surface area contributed by atoms with Crippen LogP contribution in [0.4, 0.5) is 5.69 Å².